The summed E-state index contributed by atoms with van der Waals surface area (Å²) in [5.41, 5.74) is 6.77. The lowest BCUT2D eigenvalue weighted by molar-refractivity contribution is 0.101. The van der Waals surface area contributed by atoms with Crippen LogP contribution >= 0.6 is 0 Å². The maximum atomic E-state index is 13.0. The first kappa shape index (κ1) is 20.3. The van der Waals surface area contributed by atoms with Gasteiger partial charge in [-0.3, -0.25) is 9.59 Å². The highest BCUT2D eigenvalue weighted by Gasteiger charge is 2.16. The number of amides is 1. The fraction of sp³-hybridized carbons (Fsp3) is 0.200. The third-order valence-electron chi connectivity index (χ3n) is 5.06. The number of aromatic hydroxyl groups is 1. The van der Waals surface area contributed by atoms with Gasteiger partial charge in [-0.05, 0) is 81.1 Å². The zero-order valence-corrected chi connectivity index (χ0v) is 17.4. The molecule has 0 fully saturated rings. The van der Waals surface area contributed by atoms with Crippen LogP contribution < -0.4 is 5.32 Å². The minimum atomic E-state index is -0.267. The van der Waals surface area contributed by atoms with Gasteiger partial charge in [-0.2, -0.15) is 0 Å². The van der Waals surface area contributed by atoms with E-state index in [0.717, 1.165) is 16.7 Å². The maximum Gasteiger partial charge on any atom is 0.255 e. The first-order valence-corrected chi connectivity index (χ1v) is 9.51. The van der Waals surface area contributed by atoms with E-state index in [9.17, 15) is 14.7 Å². The Hall–Kier alpha value is -3.40. The Balaban J connectivity index is 1.81. The van der Waals surface area contributed by atoms with Crippen LogP contribution in [0, 0.1) is 34.6 Å². The standard InChI is InChI=1S/C25H25NO3/c1-14-10-15(2)22(16(3)11-14)24(28)19-6-8-20(9-7-19)25(29)26-21-12-17(4)23(27)18(5)13-21/h6-13,27H,1-5H3,(H,26,29). The average molecular weight is 387 g/mol. The van der Waals surface area contributed by atoms with Crippen LogP contribution in [0.5, 0.6) is 5.75 Å². The normalized spacial score (nSPS) is 10.7. The van der Waals surface area contributed by atoms with Gasteiger partial charge in [0.15, 0.2) is 5.78 Å². The number of phenols is 1. The third-order valence-corrected chi connectivity index (χ3v) is 5.06. The number of aryl methyl sites for hydroxylation is 5. The predicted octanol–water partition coefficient (Wildman–Crippen LogP) is 5.42. The molecule has 0 aliphatic heterocycles. The highest BCUT2D eigenvalue weighted by atomic mass is 16.3. The number of carbonyl (C=O) groups excluding carboxylic acids is 2. The van der Waals surface area contributed by atoms with Crippen molar-refractivity contribution in [2.45, 2.75) is 34.6 Å². The molecule has 0 heterocycles. The second-order valence-corrected chi connectivity index (χ2v) is 7.59. The maximum absolute atomic E-state index is 13.0. The summed E-state index contributed by atoms with van der Waals surface area (Å²) in [7, 11) is 0. The first-order chi connectivity index (χ1) is 13.7. The lowest BCUT2D eigenvalue weighted by Gasteiger charge is -2.12. The minimum Gasteiger partial charge on any atom is -0.507 e. The van der Waals surface area contributed by atoms with Crippen molar-refractivity contribution in [3.63, 3.8) is 0 Å². The van der Waals surface area contributed by atoms with Crippen molar-refractivity contribution in [2.24, 2.45) is 0 Å². The number of hydrogen-bond donors (Lipinski definition) is 2. The van der Waals surface area contributed by atoms with Crippen molar-refractivity contribution >= 4 is 17.4 Å². The highest BCUT2D eigenvalue weighted by Crippen LogP contribution is 2.26. The molecule has 0 aromatic heterocycles. The largest absolute Gasteiger partial charge is 0.507 e. The third kappa shape index (κ3) is 4.21. The average Bonchev–Trinajstić information content (AvgIpc) is 2.65. The second kappa shape index (κ2) is 7.92. The summed E-state index contributed by atoms with van der Waals surface area (Å²) in [5.74, 6) is -0.0829. The Bertz CT molecular complexity index is 1070. The van der Waals surface area contributed by atoms with E-state index >= 15 is 0 Å². The number of nitrogens with one attached hydrogen (secondary N) is 1. The molecule has 0 atom stereocenters. The van der Waals surface area contributed by atoms with Crippen molar-refractivity contribution in [3.05, 3.63) is 93.0 Å². The number of hydrogen-bond acceptors (Lipinski definition) is 3. The Kier molecular flexibility index (Phi) is 5.55. The predicted molar refractivity (Wildman–Crippen MR) is 116 cm³/mol. The Morgan fingerprint density at radius 3 is 1.72 bits per heavy atom. The molecule has 0 bridgehead atoms. The van der Waals surface area contributed by atoms with Gasteiger partial charge in [-0.1, -0.05) is 29.8 Å². The van der Waals surface area contributed by atoms with Crippen molar-refractivity contribution in [2.75, 3.05) is 5.32 Å². The molecule has 4 heteroatoms. The summed E-state index contributed by atoms with van der Waals surface area (Å²) < 4.78 is 0. The second-order valence-electron chi connectivity index (χ2n) is 7.59. The van der Waals surface area contributed by atoms with Crippen LogP contribution in [0.4, 0.5) is 5.69 Å². The van der Waals surface area contributed by atoms with Crippen molar-refractivity contribution in [1.82, 2.24) is 0 Å². The van der Waals surface area contributed by atoms with Crippen LogP contribution in [0.15, 0.2) is 48.5 Å². The van der Waals surface area contributed by atoms with Gasteiger partial charge in [0.05, 0.1) is 0 Å². The van der Waals surface area contributed by atoms with Gasteiger partial charge in [0, 0.05) is 22.4 Å². The molecule has 1 amide bonds. The minimum absolute atomic E-state index is 0.0447. The van der Waals surface area contributed by atoms with Crippen LogP contribution in [0.2, 0.25) is 0 Å². The number of benzene rings is 3. The summed E-state index contributed by atoms with van der Waals surface area (Å²) in [6, 6.07) is 14.1. The van der Waals surface area contributed by atoms with Crippen molar-refractivity contribution < 1.29 is 14.7 Å². The lowest BCUT2D eigenvalue weighted by Crippen LogP contribution is -2.13. The molecule has 3 aromatic carbocycles. The number of phenolic OH excluding ortho intramolecular Hbond substituents is 1. The molecule has 0 aliphatic carbocycles. The summed E-state index contributed by atoms with van der Waals surface area (Å²) in [5, 5.41) is 12.7. The molecular formula is C25H25NO3. The number of carbonyl (C=O) groups is 2. The topological polar surface area (TPSA) is 66.4 Å². The highest BCUT2D eigenvalue weighted by molar-refractivity contribution is 6.11. The van der Waals surface area contributed by atoms with E-state index in [1.165, 1.54) is 0 Å². The van der Waals surface area contributed by atoms with Gasteiger partial charge >= 0.3 is 0 Å². The number of anilines is 1. The fourth-order valence-electron chi connectivity index (χ4n) is 3.69. The number of rotatable bonds is 4. The molecule has 3 rings (SSSR count). The van der Waals surface area contributed by atoms with E-state index in [-0.39, 0.29) is 17.4 Å². The molecular weight excluding hydrogens is 362 g/mol. The molecule has 29 heavy (non-hydrogen) atoms. The van der Waals surface area contributed by atoms with Gasteiger partial charge in [-0.25, -0.2) is 0 Å². The first-order valence-electron chi connectivity index (χ1n) is 9.51. The van der Waals surface area contributed by atoms with Crippen LogP contribution in [0.3, 0.4) is 0 Å². The zero-order valence-electron chi connectivity index (χ0n) is 17.4. The summed E-state index contributed by atoms with van der Waals surface area (Å²) in [6.07, 6.45) is 0. The Labute approximate surface area is 171 Å². The van der Waals surface area contributed by atoms with E-state index in [4.69, 9.17) is 0 Å². The molecule has 0 saturated heterocycles. The van der Waals surface area contributed by atoms with Gasteiger partial charge in [-0.15, -0.1) is 0 Å². The van der Waals surface area contributed by atoms with E-state index in [1.807, 2.05) is 32.9 Å². The molecule has 4 nitrogen and oxygen atoms in total. The molecule has 0 aliphatic rings. The summed E-state index contributed by atoms with van der Waals surface area (Å²) in [6.45, 7) is 9.47. The molecule has 0 unspecified atom stereocenters. The van der Waals surface area contributed by atoms with Crippen molar-refractivity contribution in [1.29, 1.82) is 0 Å². The van der Waals surface area contributed by atoms with Crippen LogP contribution in [-0.2, 0) is 0 Å². The van der Waals surface area contributed by atoms with Gasteiger partial charge in [0.25, 0.3) is 5.91 Å². The van der Waals surface area contributed by atoms with E-state index in [2.05, 4.69) is 5.32 Å². The smallest absolute Gasteiger partial charge is 0.255 e. The molecule has 0 radical (unpaired) electrons. The summed E-state index contributed by atoms with van der Waals surface area (Å²) >= 11 is 0. The quantitative estimate of drug-likeness (QED) is 0.464. The van der Waals surface area contributed by atoms with Crippen LogP contribution in [0.25, 0.3) is 0 Å². The molecule has 0 saturated carbocycles. The lowest BCUT2D eigenvalue weighted by atomic mass is 9.93. The SMILES string of the molecule is Cc1cc(C)c(C(=O)c2ccc(C(=O)Nc3cc(C)c(O)c(C)c3)cc2)c(C)c1. The van der Waals surface area contributed by atoms with Crippen LogP contribution in [0.1, 0.15) is 54.1 Å². The van der Waals surface area contributed by atoms with Gasteiger partial charge in [0.2, 0.25) is 0 Å². The Morgan fingerprint density at radius 1 is 0.724 bits per heavy atom. The number of ketones is 1. The van der Waals surface area contributed by atoms with E-state index < -0.39 is 0 Å². The molecule has 148 valence electrons. The zero-order chi connectivity index (χ0) is 21.3. The van der Waals surface area contributed by atoms with E-state index in [1.54, 1.807) is 50.2 Å². The van der Waals surface area contributed by atoms with Crippen molar-refractivity contribution in [3.8, 4) is 5.75 Å². The van der Waals surface area contributed by atoms with Gasteiger partial charge in [0.1, 0.15) is 5.75 Å². The van der Waals surface area contributed by atoms with Crippen LogP contribution in [-0.4, -0.2) is 16.8 Å². The Morgan fingerprint density at radius 2 is 1.21 bits per heavy atom. The molecule has 3 aromatic rings. The molecule has 0 spiro atoms. The summed E-state index contributed by atoms with van der Waals surface area (Å²) in [4.78, 5) is 25.5. The fourth-order valence-corrected chi connectivity index (χ4v) is 3.69. The monoisotopic (exact) mass is 387 g/mol. The van der Waals surface area contributed by atoms with Gasteiger partial charge < -0.3 is 10.4 Å². The van der Waals surface area contributed by atoms with E-state index in [0.29, 0.717) is 33.5 Å². The molecule has 2 N–H and O–H groups in total.